The summed E-state index contributed by atoms with van der Waals surface area (Å²) in [7, 11) is 0. The van der Waals surface area contributed by atoms with Crippen molar-refractivity contribution in [3.8, 4) is 0 Å². The molecule has 9 unspecified atom stereocenters. The summed E-state index contributed by atoms with van der Waals surface area (Å²) in [5.74, 6) is 7.57. The Bertz CT molecular complexity index is 405. The molecule has 0 heterocycles. The van der Waals surface area contributed by atoms with Gasteiger partial charge >= 0.3 is 0 Å². The maximum absolute atomic E-state index is 10.9. The Labute approximate surface area is 129 Å². The molecule has 0 aromatic rings. The first-order valence-corrected chi connectivity index (χ1v) is 10.0. The zero-order chi connectivity index (χ0) is 14.0. The van der Waals surface area contributed by atoms with Gasteiger partial charge in [0.25, 0.3) is 0 Å². The molecule has 5 fully saturated rings. The van der Waals surface area contributed by atoms with Crippen LogP contribution in [0.2, 0.25) is 0 Å². The van der Waals surface area contributed by atoms with Crippen molar-refractivity contribution in [2.75, 3.05) is 0 Å². The third-order valence-electron chi connectivity index (χ3n) is 8.65. The van der Waals surface area contributed by atoms with E-state index in [1.165, 1.54) is 57.8 Å². The summed E-state index contributed by atoms with van der Waals surface area (Å²) in [4.78, 5) is 0. The number of hydrogen-bond acceptors (Lipinski definition) is 1. The summed E-state index contributed by atoms with van der Waals surface area (Å²) in [5, 5.41) is 10.9. The normalized spacial score (nSPS) is 59.0. The standard InChI is InChI=1S/C20H32O/c21-17-11-13-6-3-1-2-5-12-9-10-16-14-7-4-8-15(14)20(17)19(13)18(12)16/h12-21H,1-11H2. The molecular formula is C20H32O. The van der Waals surface area contributed by atoms with E-state index >= 15 is 0 Å². The molecule has 1 N–H and O–H groups in total. The molecule has 0 aromatic heterocycles. The zero-order valence-corrected chi connectivity index (χ0v) is 13.4. The van der Waals surface area contributed by atoms with Crippen LogP contribution in [0.1, 0.15) is 70.6 Å². The average molecular weight is 288 g/mol. The van der Waals surface area contributed by atoms with E-state index in [0.29, 0.717) is 5.92 Å². The van der Waals surface area contributed by atoms with Crippen LogP contribution in [0.3, 0.4) is 0 Å². The summed E-state index contributed by atoms with van der Waals surface area (Å²) in [6, 6.07) is 0. The van der Waals surface area contributed by atoms with Crippen LogP contribution >= 0.6 is 0 Å². The summed E-state index contributed by atoms with van der Waals surface area (Å²) >= 11 is 0. The summed E-state index contributed by atoms with van der Waals surface area (Å²) in [5.41, 5.74) is 0. The van der Waals surface area contributed by atoms with Gasteiger partial charge in [-0.05, 0) is 79.4 Å². The van der Waals surface area contributed by atoms with Crippen LogP contribution in [0.25, 0.3) is 0 Å². The van der Waals surface area contributed by atoms with Gasteiger partial charge in [0.05, 0.1) is 6.10 Å². The van der Waals surface area contributed by atoms with Crippen molar-refractivity contribution >= 4 is 0 Å². The second kappa shape index (κ2) is 4.98. The topological polar surface area (TPSA) is 20.2 Å². The summed E-state index contributed by atoms with van der Waals surface area (Å²) in [6.45, 7) is 0. The largest absolute Gasteiger partial charge is 0.393 e. The molecule has 1 heteroatoms. The van der Waals surface area contributed by atoms with Gasteiger partial charge in [-0.15, -0.1) is 0 Å². The van der Waals surface area contributed by atoms with Crippen LogP contribution < -0.4 is 0 Å². The van der Waals surface area contributed by atoms with Gasteiger partial charge in [-0.25, -0.2) is 0 Å². The van der Waals surface area contributed by atoms with Crippen LogP contribution in [0.15, 0.2) is 0 Å². The van der Waals surface area contributed by atoms with E-state index in [9.17, 15) is 5.11 Å². The van der Waals surface area contributed by atoms with Crippen LogP contribution in [-0.2, 0) is 0 Å². The SMILES string of the molecule is OC1CC2CCCCCC3CCC4C5CCCC5C1C2C34. The molecule has 5 aliphatic carbocycles. The van der Waals surface area contributed by atoms with E-state index < -0.39 is 0 Å². The lowest BCUT2D eigenvalue weighted by molar-refractivity contribution is -0.0412. The second-order valence-electron chi connectivity index (χ2n) is 9.19. The molecule has 21 heavy (non-hydrogen) atoms. The highest BCUT2D eigenvalue weighted by atomic mass is 16.3. The molecule has 1 nitrogen and oxygen atoms in total. The second-order valence-corrected chi connectivity index (χ2v) is 9.19. The minimum Gasteiger partial charge on any atom is -0.393 e. The monoisotopic (exact) mass is 288 g/mol. The highest BCUT2D eigenvalue weighted by molar-refractivity contribution is 5.09. The van der Waals surface area contributed by atoms with Gasteiger partial charge < -0.3 is 5.11 Å². The Morgan fingerprint density at radius 2 is 1.29 bits per heavy atom. The highest BCUT2D eigenvalue weighted by Gasteiger charge is 2.61. The molecule has 0 radical (unpaired) electrons. The van der Waals surface area contributed by atoms with Crippen LogP contribution in [0.5, 0.6) is 0 Å². The van der Waals surface area contributed by atoms with Gasteiger partial charge in [0.2, 0.25) is 0 Å². The number of aliphatic hydroxyl groups is 1. The fourth-order valence-electron chi connectivity index (χ4n) is 8.24. The molecule has 9 atom stereocenters. The van der Waals surface area contributed by atoms with E-state index in [1.54, 1.807) is 6.42 Å². The summed E-state index contributed by atoms with van der Waals surface area (Å²) in [6.07, 6.45) is 16.1. The molecule has 0 saturated heterocycles. The Morgan fingerprint density at radius 3 is 2.19 bits per heavy atom. The lowest BCUT2D eigenvalue weighted by Crippen LogP contribution is -2.46. The van der Waals surface area contributed by atoms with Gasteiger partial charge in [0, 0.05) is 0 Å². The first-order valence-electron chi connectivity index (χ1n) is 10.0. The molecule has 0 amide bonds. The predicted molar refractivity (Wildman–Crippen MR) is 84.7 cm³/mol. The minimum atomic E-state index is 0.0622. The molecule has 118 valence electrons. The van der Waals surface area contributed by atoms with Gasteiger partial charge in [0.1, 0.15) is 0 Å². The van der Waals surface area contributed by atoms with Crippen LogP contribution in [-0.4, -0.2) is 11.2 Å². The fourth-order valence-corrected chi connectivity index (χ4v) is 8.24. The van der Waals surface area contributed by atoms with Crippen LogP contribution in [0, 0.1) is 47.3 Å². The molecular weight excluding hydrogens is 256 g/mol. The first-order chi connectivity index (χ1) is 10.3. The van der Waals surface area contributed by atoms with Crippen molar-refractivity contribution in [2.45, 2.75) is 76.7 Å². The average Bonchev–Trinajstić information content (AvgIpc) is 3.14. The Hall–Kier alpha value is -0.0400. The van der Waals surface area contributed by atoms with Crippen molar-refractivity contribution in [3.63, 3.8) is 0 Å². The highest BCUT2D eigenvalue weighted by Crippen LogP contribution is 2.66. The van der Waals surface area contributed by atoms with E-state index in [0.717, 1.165) is 47.8 Å². The Kier molecular flexibility index (Phi) is 3.18. The van der Waals surface area contributed by atoms with Gasteiger partial charge in [0.15, 0.2) is 0 Å². The van der Waals surface area contributed by atoms with E-state index in [4.69, 9.17) is 0 Å². The van der Waals surface area contributed by atoms with Gasteiger partial charge in [-0.3, -0.25) is 0 Å². The molecule has 0 bridgehead atoms. The smallest absolute Gasteiger partial charge is 0.0576 e. The van der Waals surface area contributed by atoms with Crippen molar-refractivity contribution in [2.24, 2.45) is 47.3 Å². The van der Waals surface area contributed by atoms with Crippen molar-refractivity contribution < 1.29 is 5.11 Å². The molecule has 0 aromatic carbocycles. The van der Waals surface area contributed by atoms with Crippen molar-refractivity contribution in [1.82, 2.24) is 0 Å². The van der Waals surface area contributed by atoms with E-state index in [-0.39, 0.29) is 6.10 Å². The number of aliphatic hydroxyl groups excluding tert-OH is 1. The Morgan fingerprint density at radius 1 is 0.524 bits per heavy atom. The third kappa shape index (κ3) is 1.85. The fraction of sp³-hybridized carbons (Fsp3) is 1.00. The predicted octanol–water partition coefficient (Wildman–Crippen LogP) is 4.64. The first kappa shape index (κ1) is 13.4. The molecule has 5 rings (SSSR count). The maximum Gasteiger partial charge on any atom is 0.0576 e. The number of hydrogen-bond donors (Lipinski definition) is 1. The number of rotatable bonds is 0. The maximum atomic E-state index is 10.9. The molecule has 5 saturated carbocycles. The molecule has 0 spiro atoms. The summed E-state index contributed by atoms with van der Waals surface area (Å²) < 4.78 is 0. The lowest BCUT2D eigenvalue weighted by atomic mass is 9.56. The van der Waals surface area contributed by atoms with Gasteiger partial charge in [-0.1, -0.05) is 38.5 Å². The van der Waals surface area contributed by atoms with E-state index in [2.05, 4.69) is 0 Å². The van der Waals surface area contributed by atoms with Crippen molar-refractivity contribution in [3.05, 3.63) is 0 Å². The molecule has 5 aliphatic rings. The molecule has 0 aliphatic heterocycles. The van der Waals surface area contributed by atoms with Crippen molar-refractivity contribution in [1.29, 1.82) is 0 Å². The third-order valence-corrected chi connectivity index (χ3v) is 8.65. The number of fused-ring (bicyclic) bond motifs is 3. The quantitative estimate of drug-likeness (QED) is 0.688. The zero-order valence-electron chi connectivity index (χ0n) is 13.4. The van der Waals surface area contributed by atoms with Gasteiger partial charge in [-0.2, -0.15) is 0 Å². The lowest BCUT2D eigenvalue weighted by Gasteiger charge is -2.49. The minimum absolute atomic E-state index is 0.0622. The van der Waals surface area contributed by atoms with E-state index in [1.807, 2.05) is 0 Å². The Balaban J connectivity index is 1.56. The van der Waals surface area contributed by atoms with Crippen LogP contribution in [0.4, 0.5) is 0 Å².